The number of methoxy groups -OCH3 is 1. The second-order valence-corrected chi connectivity index (χ2v) is 8.87. The third-order valence-electron chi connectivity index (χ3n) is 4.34. The van der Waals surface area contributed by atoms with Crippen LogP contribution >= 0.6 is 11.3 Å². The maximum Gasteiger partial charge on any atom is 0.253 e. The van der Waals surface area contributed by atoms with Crippen molar-refractivity contribution >= 4 is 33.0 Å². The summed E-state index contributed by atoms with van der Waals surface area (Å²) >= 11 is 1.19. The van der Waals surface area contributed by atoms with Gasteiger partial charge in [0.25, 0.3) is 10.0 Å². The predicted octanol–water partition coefficient (Wildman–Crippen LogP) is 2.49. The number of carbonyl (C=O) groups is 1. The molecule has 0 aliphatic carbocycles. The van der Waals surface area contributed by atoms with Crippen LogP contribution in [0.5, 0.6) is 5.75 Å². The molecular formula is C17H20N2O4S2. The number of thiophene rings is 1. The normalized spacial score (nSPS) is 19.2. The van der Waals surface area contributed by atoms with Crippen molar-refractivity contribution in [2.45, 2.75) is 24.1 Å². The van der Waals surface area contributed by atoms with Gasteiger partial charge in [-0.05, 0) is 55.1 Å². The number of benzene rings is 1. The lowest BCUT2D eigenvalue weighted by molar-refractivity contribution is -0.123. The van der Waals surface area contributed by atoms with Crippen LogP contribution in [0.1, 0.15) is 12.5 Å². The number of hydrogen-bond acceptors (Lipinski definition) is 5. The molecule has 0 radical (unpaired) electrons. The number of carbonyl (C=O) groups excluding carboxylic acids is 1. The van der Waals surface area contributed by atoms with E-state index in [0.29, 0.717) is 22.1 Å². The highest BCUT2D eigenvalue weighted by molar-refractivity contribution is 7.91. The quantitative estimate of drug-likeness (QED) is 0.817. The predicted molar refractivity (Wildman–Crippen MR) is 97.8 cm³/mol. The minimum Gasteiger partial charge on any atom is -0.497 e. The van der Waals surface area contributed by atoms with Crippen LogP contribution in [-0.2, 0) is 14.8 Å². The fourth-order valence-corrected chi connectivity index (χ4v) is 6.03. The monoisotopic (exact) mass is 380 g/mol. The van der Waals surface area contributed by atoms with Crippen LogP contribution in [0.15, 0.2) is 39.9 Å². The minimum atomic E-state index is -3.66. The van der Waals surface area contributed by atoms with Crippen molar-refractivity contribution in [3.63, 3.8) is 0 Å². The summed E-state index contributed by atoms with van der Waals surface area (Å²) in [5.41, 5.74) is 1.45. The average Bonchev–Trinajstić information content (AvgIpc) is 3.04. The SMILES string of the molecule is COc1ccc(N2CCN(S(=O)(=O)c3sccc3C)[C@@H](C)C2=O)cc1. The first kappa shape index (κ1) is 17.9. The van der Waals surface area contributed by atoms with E-state index in [1.54, 1.807) is 61.6 Å². The summed E-state index contributed by atoms with van der Waals surface area (Å²) in [6.45, 7) is 3.99. The van der Waals surface area contributed by atoms with E-state index in [9.17, 15) is 13.2 Å². The molecule has 1 saturated heterocycles. The molecule has 1 aliphatic rings. The molecule has 1 aromatic carbocycles. The molecule has 0 saturated carbocycles. The Balaban J connectivity index is 1.85. The van der Waals surface area contributed by atoms with Gasteiger partial charge in [0.1, 0.15) is 16.0 Å². The van der Waals surface area contributed by atoms with Crippen molar-refractivity contribution in [3.8, 4) is 5.75 Å². The second-order valence-electron chi connectivity index (χ2n) is 5.87. The summed E-state index contributed by atoms with van der Waals surface area (Å²) in [5.74, 6) is 0.479. The topological polar surface area (TPSA) is 66.9 Å². The molecule has 0 N–H and O–H groups in total. The Morgan fingerprint density at radius 2 is 1.84 bits per heavy atom. The Bertz CT molecular complexity index is 874. The zero-order chi connectivity index (χ0) is 18.2. The molecule has 134 valence electrons. The van der Waals surface area contributed by atoms with Gasteiger partial charge in [0.05, 0.1) is 7.11 Å². The zero-order valence-corrected chi connectivity index (χ0v) is 15.9. The van der Waals surface area contributed by atoms with E-state index in [1.165, 1.54) is 15.6 Å². The van der Waals surface area contributed by atoms with Crippen molar-refractivity contribution in [1.29, 1.82) is 0 Å². The van der Waals surface area contributed by atoms with Gasteiger partial charge in [-0.2, -0.15) is 4.31 Å². The maximum absolute atomic E-state index is 12.9. The molecule has 0 spiro atoms. The molecule has 1 amide bonds. The number of anilines is 1. The number of piperazine rings is 1. The lowest BCUT2D eigenvalue weighted by atomic mass is 10.2. The van der Waals surface area contributed by atoms with E-state index in [0.717, 1.165) is 5.69 Å². The molecule has 1 fully saturated rings. The second kappa shape index (κ2) is 6.78. The summed E-state index contributed by atoms with van der Waals surface area (Å²) in [6, 6.07) is 8.20. The summed E-state index contributed by atoms with van der Waals surface area (Å²) in [7, 11) is -2.08. The van der Waals surface area contributed by atoms with Gasteiger partial charge in [0, 0.05) is 18.8 Å². The van der Waals surface area contributed by atoms with E-state index in [-0.39, 0.29) is 12.5 Å². The highest BCUT2D eigenvalue weighted by Gasteiger charge is 2.40. The lowest BCUT2D eigenvalue weighted by Gasteiger charge is -2.38. The minimum absolute atomic E-state index is 0.228. The standard InChI is InChI=1S/C17H20N2O4S2/c1-12-8-11-24-17(12)25(21,22)19-10-9-18(16(20)13(19)2)14-4-6-15(23-3)7-5-14/h4-8,11,13H,9-10H2,1-3H3/t13-/m0/s1. The third kappa shape index (κ3) is 3.17. The molecule has 8 heteroatoms. The molecular weight excluding hydrogens is 360 g/mol. The van der Waals surface area contributed by atoms with Gasteiger partial charge in [-0.15, -0.1) is 11.3 Å². The summed E-state index contributed by atoms with van der Waals surface area (Å²) < 4.78 is 32.5. The molecule has 2 aromatic rings. The number of ether oxygens (including phenoxy) is 1. The number of sulfonamides is 1. The van der Waals surface area contributed by atoms with Crippen LogP contribution in [-0.4, -0.2) is 44.9 Å². The molecule has 0 unspecified atom stereocenters. The fourth-order valence-electron chi connectivity index (χ4n) is 2.93. The van der Waals surface area contributed by atoms with Crippen LogP contribution < -0.4 is 9.64 Å². The van der Waals surface area contributed by atoms with E-state index in [4.69, 9.17) is 4.74 Å². The van der Waals surface area contributed by atoms with Gasteiger partial charge in [-0.25, -0.2) is 8.42 Å². The Morgan fingerprint density at radius 1 is 1.16 bits per heavy atom. The lowest BCUT2D eigenvalue weighted by Crippen LogP contribution is -2.57. The number of amides is 1. The van der Waals surface area contributed by atoms with Crippen LogP contribution in [0.2, 0.25) is 0 Å². The van der Waals surface area contributed by atoms with Crippen molar-refractivity contribution in [2.24, 2.45) is 0 Å². The number of aryl methyl sites for hydroxylation is 1. The highest BCUT2D eigenvalue weighted by atomic mass is 32.2. The number of hydrogen-bond donors (Lipinski definition) is 0. The summed E-state index contributed by atoms with van der Waals surface area (Å²) in [5, 5.41) is 1.75. The van der Waals surface area contributed by atoms with Gasteiger partial charge in [-0.3, -0.25) is 4.79 Å². The van der Waals surface area contributed by atoms with Crippen LogP contribution in [0, 0.1) is 6.92 Å². The smallest absolute Gasteiger partial charge is 0.253 e. The first-order chi connectivity index (χ1) is 11.9. The van der Waals surface area contributed by atoms with E-state index in [2.05, 4.69) is 0 Å². The molecule has 0 bridgehead atoms. The largest absolute Gasteiger partial charge is 0.497 e. The molecule has 1 aliphatic heterocycles. The first-order valence-electron chi connectivity index (χ1n) is 7.87. The molecule has 6 nitrogen and oxygen atoms in total. The molecule has 1 aromatic heterocycles. The van der Waals surface area contributed by atoms with Crippen molar-refractivity contribution in [2.75, 3.05) is 25.1 Å². The fraction of sp³-hybridized carbons (Fsp3) is 0.353. The van der Waals surface area contributed by atoms with E-state index >= 15 is 0 Å². The van der Waals surface area contributed by atoms with Crippen molar-refractivity contribution in [3.05, 3.63) is 41.3 Å². The van der Waals surface area contributed by atoms with E-state index in [1.807, 2.05) is 0 Å². The molecule has 1 atom stereocenters. The highest BCUT2D eigenvalue weighted by Crippen LogP contribution is 2.30. The molecule has 25 heavy (non-hydrogen) atoms. The van der Waals surface area contributed by atoms with Crippen LogP contribution in [0.3, 0.4) is 0 Å². The van der Waals surface area contributed by atoms with Crippen molar-refractivity contribution in [1.82, 2.24) is 4.31 Å². The van der Waals surface area contributed by atoms with Crippen molar-refractivity contribution < 1.29 is 17.9 Å². The van der Waals surface area contributed by atoms with Gasteiger partial charge in [-0.1, -0.05) is 0 Å². The Morgan fingerprint density at radius 3 is 2.40 bits per heavy atom. The maximum atomic E-state index is 12.9. The van der Waals surface area contributed by atoms with Crippen LogP contribution in [0.25, 0.3) is 0 Å². The Hall–Kier alpha value is -1.90. The van der Waals surface area contributed by atoms with Gasteiger partial charge >= 0.3 is 0 Å². The summed E-state index contributed by atoms with van der Waals surface area (Å²) in [4.78, 5) is 14.4. The number of rotatable bonds is 4. The van der Waals surface area contributed by atoms with E-state index < -0.39 is 16.1 Å². The van der Waals surface area contributed by atoms with Gasteiger partial charge in [0.15, 0.2) is 0 Å². The van der Waals surface area contributed by atoms with Gasteiger partial charge < -0.3 is 9.64 Å². The average molecular weight is 380 g/mol. The molecule has 2 heterocycles. The Kier molecular flexibility index (Phi) is 4.86. The van der Waals surface area contributed by atoms with Crippen LogP contribution in [0.4, 0.5) is 5.69 Å². The molecule has 3 rings (SSSR count). The first-order valence-corrected chi connectivity index (χ1v) is 10.2. The zero-order valence-electron chi connectivity index (χ0n) is 14.3. The Labute approximate surface area is 151 Å². The van der Waals surface area contributed by atoms with Gasteiger partial charge in [0.2, 0.25) is 5.91 Å². The summed E-state index contributed by atoms with van der Waals surface area (Å²) in [6.07, 6.45) is 0. The number of nitrogens with zero attached hydrogens (tertiary/aromatic N) is 2. The third-order valence-corrected chi connectivity index (χ3v) is 7.98.